The van der Waals surface area contributed by atoms with E-state index in [1.807, 2.05) is 0 Å². The highest BCUT2D eigenvalue weighted by atomic mass is 32.1. The summed E-state index contributed by atoms with van der Waals surface area (Å²) < 4.78 is 30.2. The number of hydrogen-bond donors (Lipinski definition) is 5. The number of imidazole rings is 1. The maximum atomic E-state index is 11.4. The van der Waals surface area contributed by atoms with E-state index in [9.17, 15) is 13.9 Å². The first-order valence-electron chi connectivity index (χ1n) is 4.57. The first-order valence-corrected chi connectivity index (χ1v) is 8.00. The summed E-state index contributed by atoms with van der Waals surface area (Å²) >= 11 is 4.79. The zero-order valence-electron chi connectivity index (χ0n) is 9.16. The molecule has 0 aliphatic carbocycles. The van der Waals surface area contributed by atoms with E-state index in [1.165, 1.54) is 0 Å². The Morgan fingerprint density at radius 3 is 2.55 bits per heavy atom. The molecule has 0 bridgehead atoms. The minimum absolute atomic E-state index is 0.0378. The van der Waals surface area contributed by atoms with Crippen molar-refractivity contribution in [3.63, 3.8) is 0 Å². The largest absolute Gasteiger partial charge is 0.555 e. The number of rotatable bonds is 4. The minimum Gasteiger partial charge on any atom is -0.308 e. The Bertz CT molecular complexity index is 862. The van der Waals surface area contributed by atoms with Crippen molar-refractivity contribution >= 4 is 39.0 Å². The standard InChI is InChI=1S/C5H6N4O8P2S/c10-5-7-3-2(4(20)8-5)6-1-9(3)16-19(14,15)17-18(11,12)13/h1H,(H,14,15)(H2,11,12,13)(H2,7,8,10,20). The molecule has 0 saturated carbocycles. The number of fused-ring (bicyclic) bond motifs is 1. The maximum absolute atomic E-state index is 11.4. The SMILES string of the molecule is O=c1[nH]c(=S)c2ncn(OP(=O)(O)OP(=O)(O)O)c2[nH]1. The molecule has 0 aromatic carbocycles. The van der Waals surface area contributed by atoms with E-state index in [-0.39, 0.29) is 15.8 Å². The second-order valence-corrected chi connectivity index (χ2v) is 6.44. The Labute approximate surface area is 113 Å². The normalized spacial score (nSPS) is 15.2. The number of hydrogen-bond acceptors (Lipinski definition) is 7. The van der Waals surface area contributed by atoms with Gasteiger partial charge in [0.15, 0.2) is 5.65 Å². The van der Waals surface area contributed by atoms with E-state index in [4.69, 9.17) is 26.9 Å². The van der Waals surface area contributed by atoms with Gasteiger partial charge in [-0.05, 0) is 0 Å². The van der Waals surface area contributed by atoms with Crippen LogP contribution in [-0.2, 0) is 13.4 Å². The number of nitrogens with one attached hydrogen (secondary N) is 2. The molecule has 1 atom stereocenters. The molecule has 0 radical (unpaired) electrons. The lowest BCUT2D eigenvalue weighted by molar-refractivity contribution is 0.168. The van der Waals surface area contributed by atoms with Crippen LogP contribution in [0.2, 0.25) is 0 Å². The molecular weight excluding hydrogens is 338 g/mol. The summed E-state index contributed by atoms with van der Waals surface area (Å²) in [5, 5.41) is 0. The van der Waals surface area contributed by atoms with Crippen molar-refractivity contribution in [2.24, 2.45) is 0 Å². The average Bonchev–Trinajstić information content (AvgIpc) is 2.57. The lowest BCUT2D eigenvalue weighted by Gasteiger charge is -2.12. The molecular formula is C5H6N4O8P2S. The predicted octanol–water partition coefficient (Wildman–Crippen LogP) is -0.580. The Morgan fingerprint density at radius 1 is 1.30 bits per heavy atom. The number of aromatic nitrogens is 4. The van der Waals surface area contributed by atoms with Crippen LogP contribution in [0.3, 0.4) is 0 Å². The van der Waals surface area contributed by atoms with Crippen molar-refractivity contribution in [2.75, 3.05) is 0 Å². The topological polar surface area (TPSA) is 180 Å². The molecule has 0 aliphatic rings. The van der Waals surface area contributed by atoms with Gasteiger partial charge in [0.1, 0.15) is 16.5 Å². The first-order chi connectivity index (χ1) is 9.07. The summed E-state index contributed by atoms with van der Waals surface area (Å²) in [6, 6.07) is 0. The lowest BCUT2D eigenvalue weighted by Crippen LogP contribution is -2.15. The molecule has 2 aromatic rings. The van der Waals surface area contributed by atoms with E-state index in [2.05, 4.69) is 23.9 Å². The first kappa shape index (κ1) is 15.1. The maximum Gasteiger partial charge on any atom is 0.555 e. The van der Waals surface area contributed by atoms with Crippen LogP contribution in [0.1, 0.15) is 0 Å². The molecule has 0 fully saturated rings. The Kier molecular flexibility index (Phi) is 3.69. The molecule has 5 N–H and O–H groups in total. The summed E-state index contributed by atoms with van der Waals surface area (Å²) in [6.45, 7) is 0. The molecule has 0 saturated heterocycles. The second kappa shape index (κ2) is 4.90. The number of aromatic amines is 2. The van der Waals surface area contributed by atoms with Crippen LogP contribution >= 0.6 is 27.9 Å². The van der Waals surface area contributed by atoms with Crippen molar-refractivity contribution in [3.8, 4) is 0 Å². The van der Waals surface area contributed by atoms with E-state index in [1.54, 1.807) is 0 Å². The fraction of sp³-hybridized carbons (Fsp3) is 0. The zero-order chi connectivity index (χ0) is 15.1. The number of nitrogens with zero attached hydrogens (tertiary/aromatic N) is 2. The van der Waals surface area contributed by atoms with Crippen molar-refractivity contribution in [2.45, 2.75) is 0 Å². The summed E-state index contributed by atoms with van der Waals surface area (Å²) in [7, 11) is -10.4. The minimum atomic E-state index is -5.26. The Hall–Kier alpha value is -1.33. The van der Waals surface area contributed by atoms with Crippen molar-refractivity contribution < 1.29 is 32.7 Å². The van der Waals surface area contributed by atoms with E-state index >= 15 is 0 Å². The van der Waals surface area contributed by atoms with Gasteiger partial charge in [0.2, 0.25) is 0 Å². The lowest BCUT2D eigenvalue weighted by atomic mass is 10.6. The van der Waals surface area contributed by atoms with Crippen LogP contribution in [0.5, 0.6) is 0 Å². The van der Waals surface area contributed by atoms with Gasteiger partial charge in [0.25, 0.3) is 0 Å². The zero-order valence-corrected chi connectivity index (χ0v) is 11.8. The highest BCUT2D eigenvalue weighted by molar-refractivity contribution is 7.71. The summed E-state index contributed by atoms with van der Waals surface area (Å²) in [5.41, 5.74) is -0.894. The average molecular weight is 344 g/mol. The molecule has 12 nitrogen and oxygen atoms in total. The third-order valence-electron chi connectivity index (χ3n) is 1.81. The van der Waals surface area contributed by atoms with Crippen LogP contribution < -0.4 is 10.3 Å². The molecule has 2 rings (SSSR count). The number of H-pyrrole nitrogens is 2. The molecule has 0 aliphatic heterocycles. The van der Waals surface area contributed by atoms with Gasteiger partial charge in [-0.15, -0.1) is 4.73 Å². The van der Waals surface area contributed by atoms with Crippen molar-refractivity contribution in [1.82, 2.24) is 19.7 Å². The second-order valence-electron chi connectivity index (χ2n) is 3.30. The van der Waals surface area contributed by atoms with Crippen molar-refractivity contribution in [1.29, 1.82) is 0 Å². The molecule has 0 amide bonds. The van der Waals surface area contributed by atoms with Crippen LogP contribution in [-0.4, -0.2) is 34.4 Å². The van der Waals surface area contributed by atoms with Gasteiger partial charge in [-0.1, -0.05) is 12.2 Å². The smallest absolute Gasteiger partial charge is 0.308 e. The molecule has 2 aromatic heterocycles. The molecule has 1 unspecified atom stereocenters. The predicted molar refractivity (Wildman–Crippen MR) is 65.1 cm³/mol. The highest BCUT2D eigenvalue weighted by Crippen LogP contribution is 2.55. The summed E-state index contributed by atoms with van der Waals surface area (Å²) in [6.07, 6.45) is 0.857. The van der Waals surface area contributed by atoms with Gasteiger partial charge < -0.3 is 14.4 Å². The third-order valence-corrected chi connectivity index (χ3v) is 4.17. The third kappa shape index (κ3) is 3.41. The molecule has 20 heavy (non-hydrogen) atoms. The van der Waals surface area contributed by atoms with E-state index in [0.717, 1.165) is 6.33 Å². The summed E-state index contributed by atoms with van der Waals surface area (Å²) in [4.78, 5) is 45.3. The molecule has 2 heterocycles. The fourth-order valence-corrected chi connectivity index (χ4v) is 3.02. The quantitative estimate of drug-likeness (QED) is 0.356. The number of phosphoric acid groups is 2. The van der Waals surface area contributed by atoms with Crippen LogP contribution in [0, 0.1) is 4.64 Å². The van der Waals surface area contributed by atoms with E-state index < -0.39 is 21.3 Å². The van der Waals surface area contributed by atoms with Crippen LogP contribution in [0.25, 0.3) is 11.2 Å². The van der Waals surface area contributed by atoms with Gasteiger partial charge >= 0.3 is 21.3 Å². The summed E-state index contributed by atoms with van der Waals surface area (Å²) in [5.74, 6) is 0. The Balaban J connectivity index is 2.45. The monoisotopic (exact) mass is 344 g/mol. The van der Waals surface area contributed by atoms with Crippen LogP contribution in [0.15, 0.2) is 11.1 Å². The van der Waals surface area contributed by atoms with Gasteiger partial charge in [-0.3, -0.25) is 14.9 Å². The molecule has 110 valence electrons. The van der Waals surface area contributed by atoms with Gasteiger partial charge in [0.05, 0.1) is 0 Å². The van der Waals surface area contributed by atoms with Gasteiger partial charge in [0, 0.05) is 0 Å². The van der Waals surface area contributed by atoms with Crippen LogP contribution in [0.4, 0.5) is 0 Å². The van der Waals surface area contributed by atoms with E-state index in [0.29, 0.717) is 4.73 Å². The van der Waals surface area contributed by atoms with Crippen molar-refractivity contribution in [3.05, 3.63) is 21.5 Å². The van der Waals surface area contributed by atoms with Gasteiger partial charge in [-0.25, -0.2) is 18.9 Å². The fourth-order valence-electron chi connectivity index (χ4n) is 1.24. The molecule has 15 heteroatoms. The van der Waals surface area contributed by atoms with Gasteiger partial charge in [-0.2, -0.15) is 4.31 Å². The molecule has 0 spiro atoms. The Morgan fingerprint density at radius 2 is 1.95 bits per heavy atom. The highest BCUT2D eigenvalue weighted by Gasteiger charge is 2.35.